The molecule has 2 atom stereocenters. The quantitative estimate of drug-likeness (QED) is 0.812. The molecule has 1 saturated heterocycles. The summed E-state index contributed by atoms with van der Waals surface area (Å²) >= 11 is 0. The third-order valence-corrected chi connectivity index (χ3v) is 5.06. The normalized spacial score (nSPS) is 20.6. The van der Waals surface area contributed by atoms with Crippen molar-refractivity contribution in [1.82, 2.24) is 19.8 Å². The Balaban J connectivity index is 1.57. The molecule has 2 aromatic rings. The number of aromatic nitrogens is 2. The van der Waals surface area contributed by atoms with Gasteiger partial charge in [0.15, 0.2) is 0 Å². The van der Waals surface area contributed by atoms with E-state index in [4.69, 9.17) is 0 Å². The summed E-state index contributed by atoms with van der Waals surface area (Å²) in [7, 11) is 4.07. The molecule has 3 heterocycles. The van der Waals surface area contributed by atoms with E-state index in [2.05, 4.69) is 28.0 Å². The molecule has 0 bridgehead atoms. The number of aryl methyl sites for hydroxylation is 1. The monoisotopic (exact) mass is 338 g/mol. The maximum absolute atomic E-state index is 12.5. The molecule has 0 N–H and O–H groups in total. The topological polar surface area (TPSA) is 49.3 Å². The van der Waals surface area contributed by atoms with Crippen molar-refractivity contribution in [2.75, 3.05) is 27.2 Å². The zero-order chi connectivity index (χ0) is 17.6. The number of hydrogen-bond donors (Lipinski definition) is 0. The number of amides is 1. The minimum absolute atomic E-state index is 0.185. The Hall–Kier alpha value is -2.27. The fourth-order valence-electron chi connectivity index (χ4n) is 3.72. The van der Waals surface area contributed by atoms with E-state index in [1.165, 1.54) is 5.56 Å². The Labute approximate surface area is 149 Å². The molecule has 1 fully saturated rings. The van der Waals surface area contributed by atoms with Crippen LogP contribution in [0.5, 0.6) is 0 Å². The molecule has 1 aliphatic rings. The molecular weight excluding hydrogens is 312 g/mol. The van der Waals surface area contributed by atoms with Crippen LogP contribution in [-0.2, 0) is 11.2 Å². The average Bonchev–Trinajstić information content (AvgIpc) is 3.01. The van der Waals surface area contributed by atoms with Crippen LogP contribution in [0.25, 0.3) is 0 Å². The second-order valence-electron chi connectivity index (χ2n) is 6.86. The van der Waals surface area contributed by atoms with Crippen molar-refractivity contribution in [2.45, 2.75) is 25.3 Å². The van der Waals surface area contributed by atoms with Gasteiger partial charge in [0, 0.05) is 50.3 Å². The Kier molecular flexibility index (Phi) is 5.76. The van der Waals surface area contributed by atoms with Crippen molar-refractivity contribution >= 4 is 5.91 Å². The SMILES string of the molecule is CN(C[C@@H]1CCN(C)[C@H]1c1cccnc1)C(=O)CCc1ccccn1. The summed E-state index contributed by atoms with van der Waals surface area (Å²) in [5.41, 5.74) is 2.21. The molecule has 0 aliphatic carbocycles. The molecule has 0 radical (unpaired) electrons. The lowest BCUT2D eigenvalue weighted by atomic mass is 9.94. The fraction of sp³-hybridized carbons (Fsp3) is 0.450. The van der Waals surface area contributed by atoms with Gasteiger partial charge in [-0.1, -0.05) is 12.1 Å². The van der Waals surface area contributed by atoms with E-state index in [1.807, 2.05) is 42.4 Å². The van der Waals surface area contributed by atoms with Crippen LogP contribution in [-0.4, -0.2) is 52.9 Å². The van der Waals surface area contributed by atoms with Crippen molar-refractivity contribution in [3.05, 3.63) is 60.2 Å². The van der Waals surface area contributed by atoms with Crippen LogP contribution in [0, 0.1) is 5.92 Å². The van der Waals surface area contributed by atoms with E-state index in [-0.39, 0.29) is 5.91 Å². The predicted molar refractivity (Wildman–Crippen MR) is 97.9 cm³/mol. The van der Waals surface area contributed by atoms with Crippen LogP contribution in [0.15, 0.2) is 48.9 Å². The molecule has 0 spiro atoms. The van der Waals surface area contributed by atoms with Gasteiger partial charge in [0.1, 0.15) is 0 Å². The van der Waals surface area contributed by atoms with E-state index in [1.54, 1.807) is 12.4 Å². The number of pyridine rings is 2. The molecule has 1 aliphatic heterocycles. The highest BCUT2D eigenvalue weighted by Gasteiger charge is 2.34. The first-order valence-corrected chi connectivity index (χ1v) is 8.89. The molecule has 0 aromatic carbocycles. The van der Waals surface area contributed by atoms with Gasteiger partial charge >= 0.3 is 0 Å². The third-order valence-electron chi connectivity index (χ3n) is 5.06. The van der Waals surface area contributed by atoms with Gasteiger partial charge in [-0.15, -0.1) is 0 Å². The molecule has 25 heavy (non-hydrogen) atoms. The molecule has 2 aromatic heterocycles. The molecule has 3 rings (SSSR count). The highest BCUT2D eigenvalue weighted by atomic mass is 16.2. The number of likely N-dealkylation sites (tertiary alicyclic amines) is 1. The highest BCUT2D eigenvalue weighted by molar-refractivity contribution is 5.76. The summed E-state index contributed by atoms with van der Waals surface area (Å²) in [5, 5.41) is 0. The van der Waals surface area contributed by atoms with Crippen molar-refractivity contribution in [3.8, 4) is 0 Å². The number of rotatable bonds is 6. The molecule has 5 heteroatoms. The Morgan fingerprint density at radius 1 is 1.28 bits per heavy atom. The molecule has 0 saturated carbocycles. The van der Waals surface area contributed by atoms with E-state index in [0.29, 0.717) is 24.8 Å². The lowest BCUT2D eigenvalue weighted by Gasteiger charge is -2.28. The van der Waals surface area contributed by atoms with Crippen LogP contribution >= 0.6 is 0 Å². The second-order valence-corrected chi connectivity index (χ2v) is 6.86. The van der Waals surface area contributed by atoms with Crippen molar-refractivity contribution in [3.63, 3.8) is 0 Å². The zero-order valence-corrected chi connectivity index (χ0v) is 15.0. The molecule has 0 unspecified atom stereocenters. The summed E-state index contributed by atoms with van der Waals surface area (Å²) in [6.45, 7) is 1.84. The van der Waals surface area contributed by atoms with Crippen LogP contribution in [0.3, 0.4) is 0 Å². The van der Waals surface area contributed by atoms with Gasteiger partial charge in [0.25, 0.3) is 0 Å². The van der Waals surface area contributed by atoms with Crippen LogP contribution < -0.4 is 0 Å². The van der Waals surface area contributed by atoms with Crippen LogP contribution in [0.4, 0.5) is 0 Å². The summed E-state index contributed by atoms with van der Waals surface area (Å²) < 4.78 is 0. The van der Waals surface area contributed by atoms with Crippen molar-refractivity contribution in [1.29, 1.82) is 0 Å². The first kappa shape index (κ1) is 17.5. The first-order valence-electron chi connectivity index (χ1n) is 8.89. The lowest BCUT2D eigenvalue weighted by Crippen LogP contribution is -2.34. The Morgan fingerprint density at radius 2 is 2.16 bits per heavy atom. The van der Waals surface area contributed by atoms with Gasteiger partial charge in [-0.25, -0.2) is 0 Å². The number of nitrogens with zero attached hydrogens (tertiary/aromatic N) is 4. The van der Waals surface area contributed by atoms with Crippen molar-refractivity contribution < 1.29 is 4.79 Å². The van der Waals surface area contributed by atoms with Gasteiger partial charge in [-0.3, -0.25) is 19.7 Å². The fourth-order valence-corrected chi connectivity index (χ4v) is 3.72. The lowest BCUT2D eigenvalue weighted by molar-refractivity contribution is -0.130. The van der Waals surface area contributed by atoms with Crippen molar-refractivity contribution in [2.24, 2.45) is 5.92 Å². The summed E-state index contributed by atoms with van der Waals surface area (Å²) in [6.07, 6.45) is 7.83. The first-order chi connectivity index (χ1) is 12.1. The van der Waals surface area contributed by atoms with Gasteiger partial charge in [0.2, 0.25) is 5.91 Å². The number of carbonyl (C=O) groups is 1. The molecular formula is C20H26N4O. The Bertz CT molecular complexity index is 677. The number of carbonyl (C=O) groups excluding carboxylic acids is 1. The summed E-state index contributed by atoms with van der Waals surface area (Å²) in [6, 6.07) is 10.3. The molecule has 132 valence electrons. The predicted octanol–water partition coefficient (Wildman–Crippen LogP) is 2.56. The molecule has 5 nitrogen and oxygen atoms in total. The van der Waals surface area contributed by atoms with E-state index >= 15 is 0 Å². The minimum Gasteiger partial charge on any atom is -0.345 e. The van der Waals surface area contributed by atoms with Gasteiger partial charge in [0.05, 0.1) is 0 Å². The standard InChI is InChI=1S/C20H26N4O/c1-23-13-10-17(20(23)16-6-5-11-21-14-16)15-24(2)19(25)9-8-18-7-3-4-12-22-18/h3-7,11-12,14,17,20H,8-10,13,15H2,1-2H3/t17-,20-/m0/s1. The van der Waals surface area contributed by atoms with Crippen LogP contribution in [0.2, 0.25) is 0 Å². The summed E-state index contributed by atoms with van der Waals surface area (Å²) in [5.74, 6) is 0.628. The zero-order valence-electron chi connectivity index (χ0n) is 15.0. The minimum atomic E-state index is 0.185. The highest BCUT2D eigenvalue weighted by Crippen LogP contribution is 2.36. The average molecular weight is 338 g/mol. The maximum Gasteiger partial charge on any atom is 0.222 e. The second kappa shape index (κ2) is 8.21. The van der Waals surface area contributed by atoms with E-state index in [0.717, 1.165) is 25.2 Å². The Morgan fingerprint density at radius 3 is 2.88 bits per heavy atom. The van der Waals surface area contributed by atoms with Gasteiger partial charge in [-0.05, 0) is 56.1 Å². The van der Waals surface area contributed by atoms with Crippen LogP contribution in [0.1, 0.15) is 30.1 Å². The molecule has 1 amide bonds. The largest absolute Gasteiger partial charge is 0.345 e. The third kappa shape index (κ3) is 4.42. The van der Waals surface area contributed by atoms with Gasteiger partial charge < -0.3 is 4.90 Å². The summed E-state index contributed by atoms with van der Waals surface area (Å²) in [4.78, 5) is 25.3. The number of hydrogen-bond acceptors (Lipinski definition) is 4. The van der Waals surface area contributed by atoms with Gasteiger partial charge in [-0.2, -0.15) is 0 Å². The maximum atomic E-state index is 12.5. The van der Waals surface area contributed by atoms with E-state index < -0.39 is 0 Å². The van der Waals surface area contributed by atoms with E-state index in [9.17, 15) is 4.79 Å². The smallest absolute Gasteiger partial charge is 0.222 e.